The molecule has 0 bridgehead atoms. The molecule has 3 N–H and O–H groups in total. The summed E-state index contributed by atoms with van der Waals surface area (Å²) in [4.78, 5) is 32.5. The molecule has 2 aliphatic rings. The number of nitrogens with one attached hydrogen (secondary N) is 3. The van der Waals surface area contributed by atoms with Crippen LogP contribution in [-0.4, -0.2) is 36.1 Å². The van der Waals surface area contributed by atoms with Gasteiger partial charge in [0.25, 0.3) is 0 Å². The van der Waals surface area contributed by atoms with Crippen molar-refractivity contribution in [2.24, 2.45) is 0 Å². The van der Waals surface area contributed by atoms with Gasteiger partial charge in [-0.3, -0.25) is 14.7 Å². The minimum Gasteiger partial charge on any atom is -0.348 e. The Hall–Kier alpha value is -3.71. The van der Waals surface area contributed by atoms with Crippen LogP contribution >= 0.6 is 0 Å². The number of hydrogen-bond acceptors (Lipinski definition) is 4. The van der Waals surface area contributed by atoms with E-state index in [2.05, 4.69) is 20.9 Å². The maximum absolute atomic E-state index is 13.4. The highest BCUT2D eigenvalue weighted by molar-refractivity contribution is 6.14. The third kappa shape index (κ3) is 3.96. The van der Waals surface area contributed by atoms with E-state index in [9.17, 15) is 9.59 Å². The van der Waals surface area contributed by atoms with Crippen LogP contribution in [-0.2, 0) is 4.79 Å². The maximum Gasteiger partial charge on any atom is 0.330 e. The molecule has 1 aromatic heterocycles. The third-order valence-corrected chi connectivity index (χ3v) is 6.38. The van der Waals surface area contributed by atoms with Crippen LogP contribution in [0.15, 0.2) is 60.3 Å². The first-order valence-electron chi connectivity index (χ1n) is 11.3. The molecule has 7 heteroatoms. The number of carbonyl (C=O) groups excluding carboxylic acids is 2. The van der Waals surface area contributed by atoms with E-state index in [0.29, 0.717) is 17.0 Å². The van der Waals surface area contributed by atoms with Gasteiger partial charge in [0.15, 0.2) is 0 Å². The summed E-state index contributed by atoms with van der Waals surface area (Å²) in [5.74, 6) is -0.174. The number of fused-ring (bicyclic) bond motifs is 2. The zero-order valence-corrected chi connectivity index (χ0v) is 18.8. The number of piperidine rings is 1. The summed E-state index contributed by atoms with van der Waals surface area (Å²) in [5, 5.41) is 11.5. The largest absolute Gasteiger partial charge is 0.348 e. The lowest BCUT2D eigenvalue weighted by Gasteiger charge is -2.33. The number of pyridine rings is 1. The maximum atomic E-state index is 13.4. The number of rotatable bonds is 3. The lowest BCUT2D eigenvalue weighted by atomic mass is 9.99. The molecule has 3 heterocycles. The quantitative estimate of drug-likeness (QED) is 0.536. The van der Waals surface area contributed by atoms with E-state index >= 15 is 0 Å². The van der Waals surface area contributed by atoms with Gasteiger partial charge in [0.1, 0.15) is 0 Å². The van der Waals surface area contributed by atoms with Crippen molar-refractivity contribution in [3.05, 3.63) is 71.6 Å². The summed E-state index contributed by atoms with van der Waals surface area (Å²) in [6.07, 6.45) is 3.67. The van der Waals surface area contributed by atoms with Gasteiger partial charge in [0.2, 0.25) is 5.91 Å². The third-order valence-electron chi connectivity index (χ3n) is 6.38. The minimum absolute atomic E-state index is 0.0876. The fraction of sp³-hybridized carbons (Fsp3) is 0.269. The molecule has 0 saturated carbocycles. The first-order valence-corrected chi connectivity index (χ1v) is 11.3. The van der Waals surface area contributed by atoms with Crippen molar-refractivity contribution < 1.29 is 9.59 Å². The number of aromatic nitrogens is 1. The van der Waals surface area contributed by atoms with Crippen LogP contribution in [0.2, 0.25) is 0 Å². The molecule has 5 rings (SSSR count). The van der Waals surface area contributed by atoms with Gasteiger partial charge in [-0.2, -0.15) is 0 Å². The van der Waals surface area contributed by atoms with E-state index in [-0.39, 0.29) is 18.0 Å². The molecule has 1 saturated heterocycles. The van der Waals surface area contributed by atoms with Crippen LogP contribution in [0.4, 0.5) is 16.2 Å². The number of carbonyl (C=O) groups is 2. The smallest absolute Gasteiger partial charge is 0.330 e. The minimum atomic E-state index is -0.301. The van der Waals surface area contributed by atoms with Gasteiger partial charge in [-0.25, -0.2) is 4.79 Å². The predicted molar refractivity (Wildman–Crippen MR) is 130 cm³/mol. The molecule has 2 aliphatic heterocycles. The summed E-state index contributed by atoms with van der Waals surface area (Å²) in [6, 6.07) is 15.6. The lowest BCUT2D eigenvalue weighted by Crippen LogP contribution is -2.47. The lowest BCUT2D eigenvalue weighted by molar-refractivity contribution is -0.118. The number of nitrogens with zero attached hydrogens (tertiary/aromatic N) is 2. The SMILES string of the molecule is C/C(C(=O)N[C@@H]1CCCNC1)=C1/NC(=O)N(c2ccc3ccccc3c2)c2ccnc(C)c21. The highest BCUT2D eigenvalue weighted by atomic mass is 16.2. The molecule has 3 amide bonds. The van der Waals surface area contributed by atoms with Gasteiger partial charge in [-0.1, -0.05) is 30.3 Å². The summed E-state index contributed by atoms with van der Waals surface area (Å²) < 4.78 is 0. The molecule has 0 radical (unpaired) electrons. The Kier molecular flexibility index (Phi) is 5.56. The molecule has 3 aromatic rings. The van der Waals surface area contributed by atoms with Crippen molar-refractivity contribution in [1.29, 1.82) is 0 Å². The molecular weight excluding hydrogens is 414 g/mol. The monoisotopic (exact) mass is 441 g/mol. The van der Waals surface area contributed by atoms with Crippen molar-refractivity contribution in [1.82, 2.24) is 20.9 Å². The van der Waals surface area contributed by atoms with Crippen molar-refractivity contribution in [3.63, 3.8) is 0 Å². The molecule has 7 nitrogen and oxygen atoms in total. The van der Waals surface area contributed by atoms with Crippen LogP contribution in [0.5, 0.6) is 0 Å². The van der Waals surface area contributed by atoms with Gasteiger partial charge in [0, 0.05) is 35.6 Å². The van der Waals surface area contributed by atoms with Crippen LogP contribution < -0.4 is 20.9 Å². The number of aryl methyl sites for hydroxylation is 1. The average Bonchev–Trinajstić information content (AvgIpc) is 2.83. The Balaban J connectivity index is 1.56. The van der Waals surface area contributed by atoms with E-state index in [1.165, 1.54) is 0 Å². The van der Waals surface area contributed by atoms with Crippen LogP contribution in [0.1, 0.15) is 31.0 Å². The molecule has 1 atom stereocenters. The van der Waals surface area contributed by atoms with E-state index in [1.54, 1.807) is 18.0 Å². The van der Waals surface area contributed by atoms with E-state index < -0.39 is 0 Å². The summed E-state index contributed by atoms with van der Waals surface area (Å²) in [5.41, 5.74) is 3.97. The molecule has 2 aromatic carbocycles. The predicted octanol–water partition coefficient (Wildman–Crippen LogP) is 4.00. The molecule has 168 valence electrons. The Bertz CT molecular complexity index is 1280. The normalized spacial score (nSPS) is 19.6. The topological polar surface area (TPSA) is 86.4 Å². The Labute approximate surface area is 192 Å². The van der Waals surface area contributed by atoms with Gasteiger partial charge in [-0.05, 0) is 62.2 Å². The zero-order valence-electron chi connectivity index (χ0n) is 18.8. The molecule has 33 heavy (non-hydrogen) atoms. The van der Waals surface area contributed by atoms with Gasteiger partial charge < -0.3 is 16.0 Å². The van der Waals surface area contributed by atoms with E-state index in [0.717, 1.165) is 53.6 Å². The summed E-state index contributed by atoms with van der Waals surface area (Å²) in [7, 11) is 0. The van der Waals surface area contributed by atoms with E-state index in [1.807, 2.05) is 55.5 Å². The molecule has 0 aliphatic carbocycles. The van der Waals surface area contributed by atoms with Crippen molar-refractivity contribution in [2.45, 2.75) is 32.7 Å². The second-order valence-corrected chi connectivity index (χ2v) is 8.60. The van der Waals surface area contributed by atoms with Gasteiger partial charge >= 0.3 is 6.03 Å². The number of benzene rings is 2. The molecular formula is C26H27N5O2. The number of urea groups is 1. The number of amides is 3. The van der Waals surface area contributed by atoms with Crippen molar-refractivity contribution >= 4 is 39.8 Å². The van der Waals surface area contributed by atoms with Crippen LogP contribution in [0.3, 0.4) is 0 Å². The standard InChI is InChI=1S/C26H27N5O2/c1-16(25(32)29-20-8-5-12-27-15-20)24-23-17(2)28-13-11-22(23)31(26(33)30-24)21-10-9-18-6-3-4-7-19(18)14-21/h3-4,6-7,9-11,13-14,20,27H,5,8,12,15H2,1-2H3,(H,29,32)(H,30,33)/b24-16-/t20-/m1/s1. The molecule has 0 unspecified atom stereocenters. The second kappa shape index (κ2) is 8.67. The zero-order chi connectivity index (χ0) is 22.9. The first kappa shape index (κ1) is 21.2. The Morgan fingerprint density at radius 3 is 2.76 bits per heavy atom. The van der Waals surface area contributed by atoms with Gasteiger partial charge in [-0.15, -0.1) is 0 Å². The van der Waals surface area contributed by atoms with Crippen LogP contribution in [0, 0.1) is 6.92 Å². The first-order chi connectivity index (χ1) is 16.0. The van der Waals surface area contributed by atoms with E-state index in [4.69, 9.17) is 0 Å². The highest BCUT2D eigenvalue weighted by Crippen LogP contribution is 2.39. The van der Waals surface area contributed by atoms with Crippen molar-refractivity contribution in [2.75, 3.05) is 18.0 Å². The summed E-state index contributed by atoms with van der Waals surface area (Å²) in [6.45, 7) is 5.38. The second-order valence-electron chi connectivity index (χ2n) is 8.60. The van der Waals surface area contributed by atoms with Crippen LogP contribution in [0.25, 0.3) is 16.5 Å². The fourth-order valence-corrected chi connectivity index (χ4v) is 4.62. The molecule has 0 spiro atoms. The van der Waals surface area contributed by atoms with Crippen molar-refractivity contribution in [3.8, 4) is 0 Å². The number of anilines is 2. The average molecular weight is 442 g/mol. The fourth-order valence-electron chi connectivity index (χ4n) is 4.62. The molecule has 1 fully saturated rings. The number of hydrogen-bond donors (Lipinski definition) is 3. The highest BCUT2D eigenvalue weighted by Gasteiger charge is 2.32. The van der Waals surface area contributed by atoms with Gasteiger partial charge in [0.05, 0.1) is 17.1 Å². The Morgan fingerprint density at radius 1 is 1.15 bits per heavy atom. The Morgan fingerprint density at radius 2 is 1.97 bits per heavy atom. The summed E-state index contributed by atoms with van der Waals surface area (Å²) >= 11 is 0.